The fraction of sp³-hybridized carbons (Fsp3) is 0.571. The van der Waals surface area contributed by atoms with Crippen molar-refractivity contribution in [3.63, 3.8) is 0 Å². The summed E-state index contributed by atoms with van der Waals surface area (Å²) in [7, 11) is -3.15. The van der Waals surface area contributed by atoms with E-state index in [9.17, 15) is 8.42 Å². The fourth-order valence-corrected chi connectivity index (χ4v) is 3.48. The molecule has 0 saturated carbocycles. The van der Waals surface area contributed by atoms with E-state index in [4.69, 9.17) is 0 Å². The van der Waals surface area contributed by atoms with Gasteiger partial charge in [-0.25, -0.2) is 8.42 Å². The van der Waals surface area contributed by atoms with Gasteiger partial charge in [-0.1, -0.05) is 31.5 Å². The molecule has 0 atom stereocenters. The predicted molar refractivity (Wildman–Crippen MR) is 75.7 cm³/mol. The van der Waals surface area contributed by atoms with Crippen molar-refractivity contribution in [1.29, 1.82) is 0 Å². The molecule has 0 aromatic heterocycles. The van der Waals surface area contributed by atoms with Gasteiger partial charge in [-0.15, -0.1) is 0 Å². The lowest BCUT2D eigenvalue weighted by atomic mass is 10.2. The van der Waals surface area contributed by atoms with Crippen LogP contribution in [-0.4, -0.2) is 26.8 Å². The van der Waals surface area contributed by atoms with Crippen LogP contribution >= 0.6 is 0 Å². The van der Waals surface area contributed by atoms with Gasteiger partial charge in [0, 0.05) is 6.04 Å². The molecule has 0 aliphatic rings. The van der Waals surface area contributed by atoms with E-state index in [0.29, 0.717) is 17.4 Å². The summed E-state index contributed by atoms with van der Waals surface area (Å²) >= 11 is 0. The molecule has 18 heavy (non-hydrogen) atoms. The van der Waals surface area contributed by atoms with Gasteiger partial charge >= 0.3 is 0 Å². The smallest absolute Gasteiger partial charge is 0.178 e. The predicted octanol–water partition coefficient (Wildman–Crippen LogP) is 2.47. The van der Waals surface area contributed by atoms with E-state index in [1.54, 1.807) is 6.07 Å². The Morgan fingerprint density at radius 3 is 2.44 bits per heavy atom. The molecule has 0 amide bonds. The van der Waals surface area contributed by atoms with Crippen molar-refractivity contribution in [2.45, 2.75) is 45.1 Å². The first-order valence-electron chi connectivity index (χ1n) is 6.36. The molecule has 0 heterocycles. The third kappa shape index (κ3) is 4.42. The first-order valence-corrected chi connectivity index (χ1v) is 8.01. The van der Waals surface area contributed by atoms with E-state index in [1.165, 1.54) is 0 Å². The Morgan fingerprint density at radius 2 is 1.89 bits per heavy atom. The van der Waals surface area contributed by atoms with Crippen LogP contribution in [0.5, 0.6) is 0 Å². The summed E-state index contributed by atoms with van der Waals surface area (Å²) in [6, 6.07) is 5.88. The molecule has 1 rings (SSSR count). The van der Waals surface area contributed by atoms with E-state index in [2.05, 4.69) is 19.2 Å². The maximum absolute atomic E-state index is 12.2. The molecule has 0 saturated heterocycles. The van der Waals surface area contributed by atoms with E-state index >= 15 is 0 Å². The van der Waals surface area contributed by atoms with Gasteiger partial charge in [-0.2, -0.15) is 0 Å². The lowest BCUT2D eigenvalue weighted by Gasteiger charge is -2.10. The monoisotopic (exact) mass is 269 g/mol. The van der Waals surface area contributed by atoms with Crippen molar-refractivity contribution in [1.82, 2.24) is 5.32 Å². The highest BCUT2D eigenvalue weighted by molar-refractivity contribution is 7.91. The number of aryl methyl sites for hydroxylation is 2. The Kier molecular flexibility index (Phi) is 5.35. The molecule has 3 nitrogen and oxygen atoms in total. The summed E-state index contributed by atoms with van der Waals surface area (Å²) in [4.78, 5) is 0.470. The van der Waals surface area contributed by atoms with Gasteiger partial charge in [-0.05, 0) is 38.4 Å². The number of nitrogens with one attached hydrogen (secondary N) is 1. The standard InChI is InChI=1S/C14H23NO2S/c1-11(2)15-8-5-9-18(16,17)14-7-6-12(3)10-13(14)4/h6-7,10-11,15H,5,8-9H2,1-4H3. The zero-order valence-electron chi connectivity index (χ0n) is 11.7. The quantitative estimate of drug-likeness (QED) is 0.807. The van der Waals surface area contributed by atoms with Crippen LogP contribution in [0.3, 0.4) is 0 Å². The molecular weight excluding hydrogens is 246 g/mol. The average molecular weight is 269 g/mol. The number of hydrogen-bond acceptors (Lipinski definition) is 3. The number of hydrogen-bond donors (Lipinski definition) is 1. The minimum absolute atomic E-state index is 0.205. The molecule has 0 aliphatic heterocycles. The number of sulfone groups is 1. The summed E-state index contributed by atoms with van der Waals surface area (Å²) in [6.07, 6.45) is 0.647. The van der Waals surface area contributed by atoms with E-state index in [0.717, 1.165) is 17.7 Å². The van der Waals surface area contributed by atoms with Crippen molar-refractivity contribution < 1.29 is 8.42 Å². The van der Waals surface area contributed by atoms with Crippen molar-refractivity contribution in [3.8, 4) is 0 Å². The summed E-state index contributed by atoms with van der Waals surface area (Å²) in [5, 5.41) is 3.23. The Bertz CT molecular complexity index is 493. The van der Waals surface area contributed by atoms with E-state index < -0.39 is 9.84 Å². The molecular formula is C14H23NO2S. The van der Waals surface area contributed by atoms with Crippen molar-refractivity contribution >= 4 is 9.84 Å². The lowest BCUT2D eigenvalue weighted by Crippen LogP contribution is -2.25. The van der Waals surface area contributed by atoms with Gasteiger partial charge < -0.3 is 5.32 Å². The van der Waals surface area contributed by atoms with Gasteiger partial charge in [0.25, 0.3) is 0 Å². The molecule has 102 valence electrons. The summed E-state index contributed by atoms with van der Waals surface area (Å²) in [5.41, 5.74) is 1.93. The molecule has 0 unspecified atom stereocenters. The second-order valence-corrected chi connectivity index (χ2v) is 7.13. The third-order valence-electron chi connectivity index (χ3n) is 2.81. The minimum atomic E-state index is -3.15. The normalized spacial score (nSPS) is 12.1. The maximum Gasteiger partial charge on any atom is 0.178 e. The van der Waals surface area contributed by atoms with Crippen molar-refractivity contribution in [2.75, 3.05) is 12.3 Å². The Balaban J connectivity index is 2.69. The van der Waals surface area contributed by atoms with Crippen LogP contribution in [0.25, 0.3) is 0 Å². The number of rotatable bonds is 6. The highest BCUT2D eigenvalue weighted by Gasteiger charge is 2.16. The van der Waals surface area contributed by atoms with Crippen LogP contribution in [0.4, 0.5) is 0 Å². The summed E-state index contributed by atoms with van der Waals surface area (Å²) < 4.78 is 24.4. The molecule has 0 bridgehead atoms. The second-order valence-electron chi connectivity index (χ2n) is 5.05. The fourth-order valence-electron chi connectivity index (χ4n) is 1.91. The third-order valence-corrected chi connectivity index (χ3v) is 4.76. The van der Waals surface area contributed by atoms with E-state index in [1.807, 2.05) is 26.0 Å². The molecule has 1 N–H and O–H groups in total. The average Bonchev–Trinajstić information content (AvgIpc) is 2.23. The maximum atomic E-state index is 12.2. The van der Waals surface area contributed by atoms with Crippen LogP contribution in [0.2, 0.25) is 0 Å². The van der Waals surface area contributed by atoms with Crippen LogP contribution in [0, 0.1) is 13.8 Å². The largest absolute Gasteiger partial charge is 0.314 e. The van der Waals surface area contributed by atoms with Crippen LogP contribution < -0.4 is 5.32 Å². The van der Waals surface area contributed by atoms with Gasteiger partial charge in [0.05, 0.1) is 10.6 Å². The first-order chi connectivity index (χ1) is 8.33. The summed E-state index contributed by atoms with van der Waals surface area (Å²) in [5.74, 6) is 0.205. The Labute approximate surface area is 111 Å². The molecule has 0 fully saturated rings. The van der Waals surface area contributed by atoms with E-state index in [-0.39, 0.29) is 5.75 Å². The van der Waals surface area contributed by atoms with Crippen molar-refractivity contribution in [3.05, 3.63) is 29.3 Å². The lowest BCUT2D eigenvalue weighted by molar-refractivity contribution is 0.568. The van der Waals surface area contributed by atoms with Crippen LogP contribution in [-0.2, 0) is 9.84 Å². The highest BCUT2D eigenvalue weighted by Crippen LogP contribution is 2.18. The molecule has 0 spiro atoms. The van der Waals surface area contributed by atoms with Crippen LogP contribution in [0.1, 0.15) is 31.4 Å². The zero-order chi connectivity index (χ0) is 13.8. The summed E-state index contributed by atoms with van der Waals surface area (Å²) in [6.45, 7) is 8.67. The second kappa shape index (κ2) is 6.34. The first kappa shape index (κ1) is 15.2. The van der Waals surface area contributed by atoms with Gasteiger partial charge in [-0.3, -0.25) is 0 Å². The SMILES string of the molecule is Cc1ccc(S(=O)(=O)CCCNC(C)C)c(C)c1. The molecule has 0 aliphatic carbocycles. The van der Waals surface area contributed by atoms with Crippen molar-refractivity contribution in [2.24, 2.45) is 0 Å². The topological polar surface area (TPSA) is 46.2 Å². The zero-order valence-corrected chi connectivity index (χ0v) is 12.5. The molecule has 4 heteroatoms. The van der Waals surface area contributed by atoms with Gasteiger partial charge in [0.15, 0.2) is 9.84 Å². The molecule has 0 radical (unpaired) electrons. The number of benzene rings is 1. The van der Waals surface area contributed by atoms with Crippen LogP contribution in [0.15, 0.2) is 23.1 Å². The Morgan fingerprint density at radius 1 is 1.22 bits per heavy atom. The van der Waals surface area contributed by atoms with Gasteiger partial charge in [0.2, 0.25) is 0 Å². The van der Waals surface area contributed by atoms with Gasteiger partial charge in [0.1, 0.15) is 0 Å². The molecule has 1 aromatic carbocycles. The molecule has 1 aromatic rings. The highest BCUT2D eigenvalue weighted by atomic mass is 32.2. The Hall–Kier alpha value is -0.870. The minimum Gasteiger partial charge on any atom is -0.314 e.